The van der Waals surface area contributed by atoms with Crippen molar-refractivity contribution in [2.24, 2.45) is 0 Å². The maximum absolute atomic E-state index is 12.2. The monoisotopic (exact) mass is 250 g/mol. The van der Waals surface area contributed by atoms with E-state index < -0.39 is 27.6 Å². The molecule has 0 aliphatic carbocycles. The van der Waals surface area contributed by atoms with Crippen LogP contribution in [0.3, 0.4) is 0 Å². The fraction of sp³-hybridized carbons (Fsp3) is 1.00. The van der Waals surface area contributed by atoms with Gasteiger partial charge in [0.05, 0.1) is 5.75 Å². The van der Waals surface area contributed by atoms with Crippen LogP contribution in [-0.2, 0) is 14.9 Å². The molecule has 0 aliphatic rings. The normalized spacial score (nSPS) is 14.3. The van der Waals surface area contributed by atoms with E-state index >= 15 is 0 Å². The minimum Gasteiger partial charge on any atom is -0.366 e. The highest BCUT2D eigenvalue weighted by atomic mass is 32.2. The van der Waals surface area contributed by atoms with Gasteiger partial charge in [0.15, 0.2) is 5.60 Å². The van der Waals surface area contributed by atoms with E-state index in [1.165, 1.54) is 0 Å². The van der Waals surface area contributed by atoms with E-state index in [-0.39, 0.29) is 13.0 Å². The number of alkyl halides is 3. The molecule has 1 N–H and O–H groups in total. The highest BCUT2D eigenvalue weighted by Crippen LogP contribution is 2.32. The number of hydrogen-bond donors (Lipinski definition) is 1. The molecule has 0 radical (unpaired) electrons. The van der Waals surface area contributed by atoms with Crippen LogP contribution in [0.1, 0.15) is 20.3 Å². The van der Waals surface area contributed by atoms with Crippen molar-refractivity contribution in [3.05, 3.63) is 0 Å². The van der Waals surface area contributed by atoms with Crippen LogP contribution in [0.15, 0.2) is 0 Å². The molecular formula is C7H13F3O4S. The fourth-order valence-corrected chi connectivity index (χ4v) is 1.13. The van der Waals surface area contributed by atoms with Crippen molar-refractivity contribution < 1.29 is 30.9 Å². The predicted octanol–water partition coefficient (Wildman–Crippen LogP) is 1.62. The molecule has 0 heterocycles. The molecule has 0 aromatic carbocycles. The van der Waals surface area contributed by atoms with E-state index in [0.717, 1.165) is 13.8 Å². The maximum atomic E-state index is 12.2. The molecule has 15 heavy (non-hydrogen) atoms. The smallest absolute Gasteiger partial charge is 0.366 e. The van der Waals surface area contributed by atoms with E-state index in [0.29, 0.717) is 0 Å². The van der Waals surface area contributed by atoms with Crippen LogP contribution < -0.4 is 0 Å². The highest BCUT2D eigenvalue weighted by Gasteiger charge is 2.48. The summed E-state index contributed by atoms with van der Waals surface area (Å²) in [6.45, 7) is 1.31. The second kappa shape index (κ2) is 4.67. The Hall–Kier alpha value is -0.340. The third-order valence-corrected chi connectivity index (χ3v) is 2.50. The highest BCUT2D eigenvalue weighted by molar-refractivity contribution is 7.85. The molecule has 0 unspecified atom stereocenters. The van der Waals surface area contributed by atoms with Crippen molar-refractivity contribution in [3.8, 4) is 0 Å². The molecule has 0 bridgehead atoms. The number of hydrogen-bond acceptors (Lipinski definition) is 3. The Labute approximate surface area is 86.2 Å². The average molecular weight is 250 g/mol. The summed E-state index contributed by atoms with van der Waals surface area (Å²) >= 11 is 0. The topological polar surface area (TPSA) is 63.6 Å². The van der Waals surface area contributed by atoms with E-state index in [9.17, 15) is 21.6 Å². The quantitative estimate of drug-likeness (QED) is 0.595. The van der Waals surface area contributed by atoms with Gasteiger partial charge in [-0.05, 0) is 20.3 Å². The van der Waals surface area contributed by atoms with Crippen LogP contribution in [0.2, 0.25) is 0 Å². The zero-order chi connectivity index (χ0) is 12.3. The van der Waals surface area contributed by atoms with E-state index in [2.05, 4.69) is 4.74 Å². The van der Waals surface area contributed by atoms with E-state index in [1.54, 1.807) is 0 Å². The van der Waals surface area contributed by atoms with E-state index in [1.807, 2.05) is 0 Å². The molecule has 92 valence electrons. The fourth-order valence-electron chi connectivity index (χ4n) is 0.650. The summed E-state index contributed by atoms with van der Waals surface area (Å²) < 4.78 is 69.9. The van der Waals surface area contributed by atoms with Gasteiger partial charge >= 0.3 is 6.18 Å². The third-order valence-electron chi connectivity index (χ3n) is 1.69. The van der Waals surface area contributed by atoms with Gasteiger partial charge in [-0.1, -0.05) is 0 Å². The minimum atomic E-state index is -4.51. The first-order valence-electron chi connectivity index (χ1n) is 4.11. The van der Waals surface area contributed by atoms with Crippen LogP contribution in [0.25, 0.3) is 0 Å². The van der Waals surface area contributed by atoms with Gasteiger partial charge in [0, 0.05) is 6.61 Å². The first kappa shape index (κ1) is 14.7. The Kier molecular flexibility index (Phi) is 4.56. The van der Waals surface area contributed by atoms with Crippen molar-refractivity contribution >= 4 is 10.1 Å². The van der Waals surface area contributed by atoms with Crippen molar-refractivity contribution in [1.82, 2.24) is 0 Å². The molecule has 0 amide bonds. The van der Waals surface area contributed by atoms with Crippen molar-refractivity contribution in [2.75, 3.05) is 12.4 Å². The first-order valence-corrected chi connectivity index (χ1v) is 5.72. The Morgan fingerprint density at radius 3 is 2.07 bits per heavy atom. The molecule has 0 saturated heterocycles. The van der Waals surface area contributed by atoms with Crippen LogP contribution >= 0.6 is 0 Å². The van der Waals surface area contributed by atoms with E-state index in [4.69, 9.17) is 4.55 Å². The predicted molar refractivity (Wildman–Crippen MR) is 47.1 cm³/mol. The lowest BCUT2D eigenvalue weighted by Gasteiger charge is -2.27. The standard InChI is InChI=1S/C7H13F3O4S/c1-6(2,7(8,9)10)14-4-3-5-15(11,12)13/h3-5H2,1-2H3,(H,11,12,13). The van der Waals surface area contributed by atoms with Gasteiger partial charge in [0.1, 0.15) is 0 Å². The van der Waals surface area contributed by atoms with Gasteiger partial charge in [0.2, 0.25) is 0 Å². The van der Waals surface area contributed by atoms with Crippen molar-refractivity contribution in [3.63, 3.8) is 0 Å². The summed E-state index contributed by atoms with van der Waals surface area (Å²) in [5.41, 5.74) is -2.31. The van der Waals surface area contributed by atoms with Crippen LogP contribution in [-0.4, -0.2) is 37.1 Å². The van der Waals surface area contributed by atoms with Crippen molar-refractivity contribution in [1.29, 1.82) is 0 Å². The molecule has 8 heteroatoms. The molecule has 0 aromatic rings. The Balaban J connectivity index is 3.98. The summed E-state index contributed by atoms with van der Waals surface area (Å²) in [5, 5.41) is 0. The Morgan fingerprint density at radius 1 is 1.27 bits per heavy atom. The van der Waals surface area contributed by atoms with Crippen LogP contribution in [0.5, 0.6) is 0 Å². The Bertz CT molecular complexity index is 294. The van der Waals surface area contributed by atoms with Crippen LogP contribution in [0.4, 0.5) is 13.2 Å². The molecular weight excluding hydrogens is 237 g/mol. The lowest BCUT2D eigenvalue weighted by Crippen LogP contribution is -2.42. The lowest BCUT2D eigenvalue weighted by atomic mass is 10.1. The molecule has 0 spiro atoms. The second-order valence-electron chi connectivity index (χ2n) is 3.50. The van der Waals surface area contributed by atoms with Gasteiger partial charge in [-0.3, -0.25) is 4.55 Å². The van der Waals surface area contributed by atoms with Gasteiger partial charge in [-0.15, -0.1) is 0 Å². The third kappa shape index (κ3) is 5.95. The van der Waals surface area contributed by atoms with Gasteiger partial charge in [-0.2, -0.15) is 21.6 Å². The average Bonchev–Trinajstić information content (AvgIpc) is 1.94. The second-order valence-corrected chi connectivity index (χ2v) is 5.07. The summed E-state index contributed by atoms with van der Waals surface area (Å²) in [7, 11) is -4.14. The maximum Gasteiger partial charge on any atom is 0.416 e. The summed E-state index contributed by atoms with van der Waals surface area (Å²) in [6.07, 6.45) is -4.69. The first-order chi connectivity index (χ1) is 6.46. The van der Waals surface area contributed by atoms with Gasteiger partial charge in [-0.25, -0.2) is 0 Å². The van der Waals surface area contributed by atoms with Crippen molar-refractivity contribution in [2.45, 2.75) is 32.0 Å². The summed E-state index contributed by atoms with van der Waals surface area (Å²) in [4.78, 5) is 0. The molecule has 0 aromatic heterocycles. The molecule has 0 saturated carbocycles. The van der Waals surface area contributed by atoms with Gasteiger partial charge < -0.3 is 4.74 Å². The number of halogens is 3. The molecule has 0 aliphatic heterocycles. The molecule has 4 nitrogen and oxygen atoms in total. The lowest BCUT2D eigenvalue weighted by molar-refractivity contribution is -0.263. The SMILES string of the molecule is CC(C)(OCCCS(=O)(=O)O)C(F)(F)F. The molecule has 0 rings (SSSR count). The number of ether oxygens (including phenoxy) is 1. The zero-order valence-electron chi connectivity index (χ0n) is 8.34. The summed E-state index contributed by atoms with van der Waals surface area (Å²) in [6, 6.07) is 0. The minimum absolute atomic E-state index is 0.182. The largest absolute Gasteiger partial charge is 0.416 e. The summed E-state index contributed by atoms with van der Waals surface area (Å²) in [5.74, 6) is -0.610. The molecule has 0 atom stereocenters. The van der Waals surface area contributed by atoms with Crippen LogP contribution in [0, 0.1) is 0 Å². The Morgan fingerprint density at radius 2 is 1.73 bits per heavy atom. The zero-order valence-corrected chi connectivity index (χ0v) is 9.15. The van der Waals surface area contributed by atoms with Gasteiger partial charge in [0.25, 0.3) is 10.1 Å². The number of rotatable bonds is 5. The molecule has 0 fully saturated rings.